The first kappa shape index (κ1) is 20.9. The summed E-state index contributed by atoms with van der Waals surface area (Å²) >= 11 is 6.85. The molecule has 144 valence electrons. The Kier molecular flexibility index (Phi) is 7.38. The SMILES string of the molecule is COC(=O)c1sc(NC(=O)CCCc2ccc(Cl)cc2)c(C(=O)OC)c1C. The molecule has 0 saturated heterocycles. The summed E-state index contributed by atoms with van der Waals surface area (Å²) in [5, 5.41) is 3.67. The van der Waals surface area contributed by atoms with Crippen molar-refractivity contribution in [1.29, 1.82) is 0 Å². The van der Waals surface area contributed by atoms with E-state index in [1.54, 1.807) is 6.92 Å². The summed E-state index contributed by atoms with van der Waals surface area (Å²) in [5.74, 6) is -1.42. The Balaban J connectivity index is 2.06. The van der Waals surface area contributed by atoms with Crippen LogP contribution in [0.2, 0.25) is 5.02 Å². The summed E-state index contributed by atoms with van der Waals surface area (Å²) in [7, 11) is 2.50. The van der Waals surface area contributed by atoms with Crippen LogP contribution in [-0.4, -0.2) is 32.1 Å². The predicted molar refractivity (Wildman–Crippen MR) is 105 cm³/mol. The summed E-state index contributed by atoms with van der Waals surface area (Å²) in [5.41, 5.74) is 1.69. The number of halogens is 1. The average Bonchev–Trinajstić information content (AvgIpc) is 2.98. The van der Waals surface area contributed by atoms with E-state index < -0.39 is 11.9 Å². The topological polar surface area (TPSA) is 81.7 Å². The molecule has 2 aromatic rings. The number of aryl methyl sites for hydroxylation is 1. The van der Waals surface area contributed by atoms with Crippen molar-refractivity contribution in [2.45, 2.75) is 26.2 Å². The minimum atomic E-state index is -0.615. The lowest BCUT2D eigenvalue weighted by molar-refractivity contribution is -0.116. The normalized spacial score (nSPS) is 10.4. The molecule has 0 saturated carbocycles. The van der Waals surface area contributed by atoms with Crippen molar-refractivity contribution in [3.05, 3.63) is 50.9 Å². The molecular formula is C19H20ClNO5S. The zero-order chi connectivity index (χ0) is 20.0. The summed E-state index contributed by atoms with van der Waals surface area (Å²) in [6.07, 6.45) is 1.63. The van der Waals surface area contributed by atoms with Gasteiger partial charge in [-0.3, -0.25) is 4.79 Å². The van der Waals surface area contributed by atoms with Crippen LogP contribution in [0.1, 0.15) is 44.0 Å². The molecule has 1 aromatic heterocycles. The Bertz CT molecular complexity index is 845. The molecule has 1 amide bonds. The molecule has 0 aliphatic carbocycles. The molecule has 27 heavy (non-hydrogen) atoms. The Morgan fingerprint density at radius 3 is 2.30 bits per heavy atom. The van der Waals surface area contributed by atoms with Crippen molar-refractivity contribution in [2.75, 3.05) is 19.5 Å². The maximum Gasteiger partial charge on any atom is 0.348 e. The van der Waals surface area contributed by atoms with E-state index in [0.717, 1.165) is 23.3 Å². The number of benzene rings is 1. The largest absolute Gasteiger partial charge is 0.465 e. The number of rotatable bonds is 7. The van der Waals surface area contributed by atoms with Crippen molar-refractivity contribution >= 4 is 45.8 Å². The van der Waals surface area contributed by atoms with Crippen molar-refractivity contribution in [3.63, 3.8) is 0 Å². The van der Waals surface area contributed by atoms with E-state index in [0.29, 0.717) is 17.0 Å². The van der Waals surface area contributed by atoms with E-state index in [4.69, 9.17) is 21.1 Å². The van der Waals surface area contributed by atoms with Gasteiger partial charge in [-0.05, 0) is 43.0 Å². The van der Waals surface area contributed by atoms with Crippen LogP contribution in [-0.2, 0) is 20.7 Å². The molecular weight excluding hydrogens is 390 g/mol. The van der Waals surface area contributed by atoms with Crippen molar-refractivity contribution < 1.29 is 23.9 Å². The first-order valence-electron chi connectivity index (χ1n) is 8.21. The lowest BCUT2D eigenvalue weighted by Crippen LogP contribution is -2.14. The Labute approximate surface area is 166 Å². The second kappa shape index (κ2) is 9.53. The number of anilines is 1. The molecule has 8 heteroatoms. The monoisotopic (exact) mass is 409 g/mol. The lowest BCUT2D eigenvalue weighted by atomic mass is 10.1. The van der Waals surface area contributed by atoms with E-state index in [9.17, 15) is 14.4 Å². The summed E-state index contributed by atoms with van der Waals surface area (Å²) in [4.78, 5) is 36.5. The Hall–Kier alpha value is -2.38. The number of carbonyl (C=O) groups is 3. The number of methoxy groups -OCH3 is 2. The van der Waals surface area contributed by atoms with Gasteiger partial charge in [0.1, 0.15) is 9.88 Å². The maximum absolute atomic E-state index is 12.3. The number of esters is 2. The first-order chi connectivity index (χ1) is 12.9. The molecule has 0 spiro atoms. The van der Waals surface area contributed by atoms with E-state index in [-0.39, 0.29) is 27.8 Å². The van der Waals surface area contributed by atoms with Gasteiger partial charge < -0.3 is 14.8 Å². The van der Waals surface area contributed by atoms with Gasteiger partial charge >= 0.3 is 11.9 Å². The van der Waals surface area contributed by atoms with Gasteiger partial charge in [-0.2, -0.15) is 0 Å². The molecule has 0 unspecified atom stereocenters. The fourth-order valence-corrected chi connectivity index (χ4v) is 3.79. The van der Waals surface area contributed by atoms with Gasteiger partial charge in [0.15, 0.2) is 0 Å². The highest BCUT2D eigenvalue weighted by molar-refractivity contribution is 7.18. The van der Waals surface area contributed by atoms with Crippen LogP contribution in [0.25, 0.3) is 0 Å². The van der Waals surface area contributed by atoms with Crippen LogP contribution in [0.5, 0.6) is 0 Å². The summed E-state index contributed by atoms with van der Waals surface area (Å²) in [6.45, 7) is 1.62. The minimum Gasteiger partial charge on any atom is -0.465 e. The van der Waals surface area contributed by atoms with Gasteiger partial charge in [0, 0.05) is 11.4 Å². The highest BCUT2D eigenvalue weighted by atomic mass is 35.5. The number of hydrogen-bond acceptors (Lipinski definition) is 6. The van der Waals surface area contributed by atoms with Gasteiger partial charge in [0.25, 0.3) is 0 Å². The third-order valence-electron chi connectivity index (χ3n) is 3.94. The number of nitrogens with one attached hydrogen (secondary N) is 1. The molecule has 1 heterocycles. The third-order valence-corrected chi connectivity index (χ3v) is 5.38. The van der Waals surface area contributed by atoms with E-state index >= 15 is 0 Å². The molecule has 2 rings (SSSR count). The molecule has 0 aliphatic heterocycles. The van der Waals surface area contributed by atoms with Crippen molar-refractivity contribution in [2.24, 2.45) is 0 Å². The molecule has 0 atom stereocenters. The van der Waals surface area contributed by atoms with Gasteiger partial charge in [0.2, 0.25) is 5.91 Å². The fraction of sp³-hybridized carbons (Fsp3) is 0.316. The van der Waals surface area contributed by atoms with Crippen LogP contribution in [0.3, 0.4) is 0 Å². The molecule has 0 radical (unpaired) electrons. The van der Waals surface area contributed by atoms with Gasteiger partial charge in [0.05, 0.1) is 19.8 Å². The molecule has 6 nitrogen and oxygen atoms in total. The Morgan fingerprint density at radius 1 is 1.07 bits per heavy atom. The molecule has 0 bridgehead atoms. The van der Waals surface area contributed by atoms with Crippen LogP contribution < -0.4 is 5.32 Å². The summed E-state index contributed by atoms with van der Waals surface area (Å²) in [6, 6.07) is 7.45. The van der Waals surface area contributed by atoms with Gasteiger partial charge in [-0.25, -0.2) is 9.59 Å². The lowest BCUT2D eigenvalue weighted by Gasteiger charge is -2.06. The summed E-state index contributed by atoms with van der Waals surface area (Å²) < 4.78 is 9.49. The molecule has 0 fully saturated rings. The van der Waals surface area contributed by atoms with Gasteiger partial charge in [-0.1, -0.05) is 23.7 Å². The predicted octanol–water partition coefficient (Wildman–Crippen LogP) is 4.24. The zero-order valence-electron chi connectivity index (χ0n) is 15.3. The number of amides is 1. The quantitative estimate of drug-likeness (QED) is 0.691. The van der Waals surface area contributed by atoms with Crippen LogP contribution in [0.15, 0.2) is 24.3 Å². The van der Waals surface area contributed by atoms with E-state index in [2.05, 4.69) is 5.32 Å². The minimum absolute atomic E-state index is 0.175. The smallest absolute Gasteiger partial charge is 0.348 e. The number of hydrogen-bond donors (Lipinski definition) is 1. The van der Waals surface area contributed by atoms with Crippen molar-refractivity contribution in [3.8, 4) is 0 Å². The van der Waals surface area contributed by atoms with Crippen LogP contribution in [0, 0.1) is 6.92 Å². The Morgan fingerprint density at radius 2 is 1.70 bits per heavy atom. The average molecular weight is 410 g/mol. The third kappa shape index (κ3) is 5.30. The fourth-order valence-electron chi connectivity index (χ4n) is 2.53. The first-order valence-corrected chi connectivity index (χ1v) is 9.41. The van der Waals surface area contributed by atoms with E-state index in [1.165, 1.54) is 14.2 Å². The molecule has 0 aliphatic rings. The highest BCUT2D eigenvalue weighted by Crippen LogP contribution is 2.34. The molecule has 1 N–H and O–H groups in total. The number of thiophene rings is 1. The van der Waals surface area contributed by atoms with Gasteiger partial charge in [-0.15, -0.1) is 11.3 Å². The second-order valence-electron chi connectivity index (χ2n) is 5.77. The zero-order valence-corrected chi connectivity index (χ0v) is 16.8. The second-order valence-corrected chi connectivity index (χ2v) is 7.23. The standard InChI is InChI=1S/C19H20ClNO5S/c1-11-15(18(23)25-2)17(27-16(11)19(24)26-3)21-14(22)6-4-5-12-7-9-13(20)10-8-12/h7-10H,4-6H2,1-3H3,(H,21,22). The number of carbonyl (C=O) groups excluding carboxylic acids is 3. The maximum atomic E-state index is 12.3. The van der Waals surface area contributed by atoms with Crippen LogP contribution in [0.4, 0.5) is 5.00 Å². The highest BCUT2D eigenvalue weighted by Gasteiger charge is 2.26. The van der Waals surface area contributed by atoms with Crippen LogP contribution >= 0.6 is 22.9 Å². The number of ether oxygens (including phenoxy) is 2. The molecule has 1 aromatic carbocycles. The van der Waals surface area contributed by atoms with E-state index in [1.807, 2.05) is 24.3 Å². The van der Waals surface area contributed by atoms with Crippen molar-refractivity contribution in [1.82, 2.24) is 0 Å².